The number of nitrogens with zero attached hydrogens (tertiary/aromatic N) is 5. The molecule has 0 saturated carbocycles. The van der Waals surface area contributed by atoms with Crippen molar-refractivity contribution in [2.24, 2.45) is 0 Å². The fourth-order valence-corrected chi connectivity index (χ4v) is 4.77. The van der Waals surface area contributed by atoms with E-state index in [-0.39, 0.29) is 5.78 Å². The van der Waals surface area contributed by atoms with Crippen LogP contribution in [0.4, 0.5) is 5.82 Å². The summed E-state index contributed by atoms with van der Waals surface area (Å²) in [6, 6.07) is 5.75. The number of pyridine rings is 1. The van der Waals surface area contributed by atoms with Crippen molar-refractivity contribution in [3.05, 3.63) is 35.3 Å². The number of unbranched alkanes of at least 4 members (excludes halogenated alkanes) is 2. The lowest BCUT2D eigenvalue weighted by Crippen LogP contribution is -2.45. The summed E-state index contributed by atoms with van der Waals surface area (Å²) >= 11 is 1.52. The van der Waals surface area contributed by atoms with Crippen LogP contribution in [-0.4, -0.2) is 72.6 Å². The molecule has 0 aromatic carbocycles. The molecule has 4 rings (SSSR count). The van der Waals surface area contributed by atoms with Gasteiger partial charge in [0.2, 0.25) is 0 Å². The number of hydrogen-bond donors (Lipinski definition) is 0. The van der Waals surface area contributed by atoms with E-state index >= 15 is 0 Å². The molecular formula is C23H29N5O2S. The second-order valence-electron chi connectivity index (χ2n) is 7.93. The summed E-state index contributed by atoms with van der Waals surface area (Å²) in [6.45, 7) is 4.44. The molecule has 1 aliphatic rings. The number of fused-ring (bicyclic) bond motifs is 1. The van der Waals surface area contributed by atoms with E-state index in [9.17, 15) is 4.79 Å². The van der Waals surface area contributed by atoms with E-state index in [1.807, 2.05) is 23.6 Å². The molecule has 31 heavy (non-hydrogen) atoms. The van der Waals surface area contributed by atoms with Crippen LogP contribution in [0.3, 0.4) is 0 Å². The molecule has 3 aromatic rings. The highest BCUT2D eigenvalue weighted by atomic mass is 32.1. The maximum absolute atomic E-state index is 13.1. The predicted molar refractivity (Wildman–Crippen MR) is 125 cm³/mol. The number of likely N-dealkylation sites (N-methyl/N-ethyl adjacent to an activating group) is 1. The molecule has 1 fully saturated rings. The van der Waals surface area contributed by atoms with Crippen LogP contribution in [0.25, 0.3) is 21.7 Å². The van der Waals surface area contributed by atoms with Crippen LogP contribution in [0.5, 0.6) is 0 Å². The first-order valence-electron chi connectivity index (χ1n) is 10.8. The monoisotopic (exact) mass is 439 g/mol. The van der Waals surface area contributed by atoms with E-state index in [2.05, 4.69) is 21.8 Å². The Morgan fingerprint density at radius 1 is 1.13 bits per heavy atom. The molecule has 0 amide bonds. The minimum absolute atomic E-state index is 0.174. The number of anilines is 1. The van der Waals surface area contributed by atoms with Crippen LogP contribution in [0.15, 0.2) is 29.8 Å². The Kier molecular flexibility index (Phi) is 7.21. The summed E-state index contributed by atoms with van der Waals surface area (Å²) in [5.74, 6) is 1.65. The van der Waals surface area contributed by atoms with E-state index < -0.39 is 0 Å². The molecule has 0 spiro atoms. The first-order chi connectivity index (χ1) is 15.2. The lowest BCUT2D eigenvalue weighted by molar-refractivity contribution is 0.0979. The molecule has 0 aliphatic carbocycles. The number of hydrogen-bond acceptors (Lipinski definition) is 8. The van der Waals surface area contributed by atoms with Gasteiger partial charge in [-0.3, -0.25) is 9.78 Å². The van der Waals surface area contributed by atoms with Gasteiger partial charge in [0.05, 0.1) is 5.39 Å². The zero-order valence-electron chi connectivity index (χ0n) is 18.2. The number of rotatable bonds is 9. The Morgan fingerprint density at radius 3 is 2.71 bits per heavy atom. The van der Waals surface area contributed by atoms with Crippen molar-refractivity contribution < 1.29 is 9.53 Å². The van der Waals surface area contributed by atoms with Crippen molar-refractivity contribution in [3.8, 4) is 11.5 Å². The number of aromatic nitrogens is 3. The number of ether oxygens (including phenoxy) is 1. The summed E-state index contributed by atoms with van der Waals surface area (Å²) < 4.78 is 5.10. The number of Topliss-reactive ketones (excluding diaryl/α,β-unsaturated/α-hetero) is 1. The quantitative estimate of drug-likeness (QED) is 0.370. The van der Waals surface area contributed by atoms with Gasteiger partial charge in [0.25, 0.3) is 0 Å². The van der Waals surface area contributed by atoms with Gasteiger partial charge in [-0.2, -0.15) is 0 Å². The first-order valence-corrected chi connectivity index (χ1v) is 11.7. The largest absolute Gasteiger partial charge is 0.385 e. The number of piperazine rings is 1. The van der Waals surface area contributed by atoms with Gasteiger partial charge in [-0.25, -0.2) is 9.97 Å². The van der Waals surface area contributed by atoms with E-state index in [4.69, 9.17) is 14.7 Å². The van der Waals surface area contributed by atoms with Crippen molar-refractivity contribution >= 4 is 33.2 Å². The van der Waals surface area contributed by atoms with Crippen LogP contribution < -0.4 is 4.90 Å². The third-order valence-corrected chi connectivity index (χ3v) is 6.54. The minimum atomic E-state index is 0.174. The molecule has 0 unspecified atom stereocenters. The lowest BCUT2D eigenvalue weighted by atomic mass is 10.0. The number of ketones is 1. The topological polar surface area (TPSA) is 71.4 Å². The van der Waals surface area contributed by atoms with E-state index in [1.165, 1.54) is 11.3 Å². The average Bonchev–Trinajstić information content (AvgIpc) is 3.24. The maximum Gasteiger partial charge on any atom is 0.181 e. The molecule has 7 nitrogen and oxygen atoms in total. The minimum Gasteiger partial charge on any atom is -0.385 e. The Hall–Kier alpha value is -2.42. The smallest absolute Gasteiger partial charge is 0.181 e. The standard InChI is InChI=1S/C23H29N5O2S/c1-27-11-13-28(14-12-27)22-20-17(19(29)9-4-3-7-15-30-2)16-31-23(20)26-21(25-22)18-8-5-6-10-24-18/h5-6,8,10,16H,3-4,7,9,11-15H2,1-2H3. The highest BCUT2D eigenvalue weighted by molar-refractivity contribution is 7.17. The van der Waals surface area contributed by atoms with Crippen LogP contribution in [-0.2, 0) is 4.74 Å². The predicted octanol–water partition coefficient (Wildman–Crippen LogP) is 3.89. The number of methoxy groups -OCH3 is 1. The van der Waals surface area contributed by atoms with Crippen LogP contribution >= 0.6 is 11.3 Å². The zero-order valence-corrected chi connectivity index (χ0v) is 19.0. The maximum atomic E-state index is 13.1. The number of carbonyl (C=O) groups is 1. The molecule has 3 aromatic heterocycles. The first kappa shape index (κ1) is 21.8. The van der Waals surface area contributed by atoms with E-state index in [0.717, 1.165) is 79.3 Å². The van der Waals surface area contributed by atoms with Crippen molar-refractivity contribution in [1.82, 2.24) is 19.9 Å². The second kappa shape index (κ2) is 10.3. The normalized spacial score (nSPS) is 15.0. The molecule has 8 heteroatoms. The SMILES string of the molecule is COCCCCCC(=O)c1csc2nc(-c3ccccn3)nc(N3CCN(C)CC3)c12. The second-order valence-corrected chi connectivity index (χ2v) is 8.79. The summed E-state index contributed by atoms with van der Waals surface area (Å²) in [5, 5.41) is 2.86. The number of carbonyl (C=O) groups excluding carboxylic acids is 1. The van der Waals surface area contributed by atoms with Gasteiger partial charge in [-0.05, 0) is 32.0 Å². The van der Waals surface area contributed by atoms with Gasteiger partial charge in [0.1, 0.15) is 16.3 Å². The highest BCUT2D eigenvalue weighted by Crippen LogP contribution is 2.35. The summed E-state index contributed by atoms with van der Waals surface area (Å²) in [6.07, 6.45) is 5.14. The average molecular weight is 440 g/mol. The molecule has 1 saturated heterocycles. The Balaban J connectivity index is 1.68. The lowest BCUT2D eigenvalue weighted by Gasteiger charge is -2.33. The molecule has 0 bridgehead atoms. The summed E-state index contributed by atoms with van der Waals surface area (Å²) in [7, 11) is 3.84. The van der Waals surface area contributed by atoms with Crippen LogP contribution in [0.2, 0.25) is 0 Å². The van der Waals surface area contributed by atoms with Gasteiger partial charge in [0.15, 0.2) is 11.6 Å². The molecule has 0 radical (unpaired) electrons. The molecular weight excluding hydrogens is 410 g/mol. The van der Waals surface area contributed by atoms with Crippen molar-refractivity contribution in [1.29, 1.82) is 0 Å². The van der Waals surface area contributed by atoms with Crippen molar-refractivity contribution in [3.63, 3.8) is 0 Å². The number of thiophene rings is 1. The third kappa shape index (κ3) is 5.08. The van der Waals surface area contributed by atoms with Crippen LogP contribution in [0, 0.1) is 0 Å². The Labute approximate surface area is 187 Å². The molecule has 0 N–H and O–H groups in total. The van der Waals surface area contributed by atoms with Gasteiger partial charge in [-0.15, -0.1) is 11.3 Å². The van der Waals surface area contributed by atoms with Gasteiger partial charge in [0, 0.05) is 63.5 Å². The van der Waals surface area contributed by atoms with Crippen LogP contribution in [0.1, 0.15) is 36.0 Å². The summed E-state index contributed by atoms with van der Waals surface area (Å²) in [4.78, 5) is 32.7. The zero-order chi connectivity index (χ0) is 21.6. The van der Waals surface area contributed by atoms with E-state index in [1.54, 1.807) is 13.3 Å². The van der Waals surface area contributed by atoms with Crippen molar-refractivity contribution in [2.45, 2.75) is 25.7 Å². The Bertz CT molecular complexity index is 1020. The molecule has 164 valence electrons. The summed E-state index contributed by atoms with van der Waals surface area (Å²) in [5.41, 5.74) is 1.51. The Morgan fingerprint density at radius 2 is 1.97 bits per heavy atom. The van der Waals surface area contributed by atoms with Crippen molar-refractivity contribution in [2.75, 3.05) is 51.8 Å². The van der Waals surface area contributed by atoms with Gasteiger partial charge < -0.3 is 14.5 Å². The fourth-order valence-electron chi connectivity index (χ4n) is 3.83. The van der Waals surface area contributed by atoms with Gasteiger partial charge >= 0.3 is 0 Å². The third-order valence-electron chi connectivity index (χ3n) is 5.66. The highest BCUT2D eigenvalue weighted by Gasteiger charge is 2.24. The fraction of sp³-hybridized carbons (Fsp3) is 0.478. The molecule has 0 atom stereocenters. The van der Waals surface area contributed by atoms with E-state index in [0.29, 0.717) is 12.2 Å². The molecule has 1 aliphatic heterocycles. The van der Waals surface area contributed by atoms with Gasteiger partial charge in [-0.1, -0.05) is 12.5 Å². The molecule has 4 heterocycles.